The van der Waals surface area contributed by atoms with Gasteiger partial charge in [0.2, 0.25) is 0 Å². The first-order valence-corrected chi connectivity index (χ1v) is 6.21. The number of ether oxygens (including phenoxy) is 1. The zero-order valence-electron chi connectivity index (χ0n) is 11.3. The van der Waals surface area contributed by atoms with Gasteiger partial charge >= 0.3 is 12.3 Å². The van der Waals surface area contributed by atoms with E-state index < -0.39 is 31.7 Å². The lowest BCUT2D eigenvalue weighted by Gasteiger charge is -2.17. The molecule has 0 radical (unpaired) electrons. The van der Waals surface area contributed by atoms with Crippen molar-refractivity contribution in [3.05, 3.63) is 17.5 Å². The molecular weight excluding hydrogens is 280 g/mol. The Morgan fingerprint density at radius 3 is 2.65 bits per heavy atom. The van der Waals surface area contributed by atoms with Crippen molar-refractivity contribution in [2.75, 3.05) is 13.2 Å². The number of nitrogens with zero attached hydrogens (tertiary/aromatic N) is 2. The van der Waals surface area contributed by atoms with Crippen molar-refractivity contribution >= 4 is 0 Å². The van der Waals surface area contributed by atoms with Crippen molar-refractivity contribution in [3.63, 3.8) is 0 Å². The molecule has 1 aromatic heterocycles. The first-order valence-electron chi connectivity index (χ1n) is 6.21. The van der Waals surface area contributed by atoms with Crippen LogP contribution in [-0.4, -0.2) is 46.6 Å². The smallest absolute Gasteiger partial charge is 0.330 e. The van der Waals surface area contributed by atoms with Crippen molar-refractivity contribution in [1.29, 1.82) is 0 Å². The van der Waals surface area contributed by atoms with Crippen LogP contribution in [0, 0.1) is 6.92 Å². The molecule has 1 aromatic rings. The van der Waals surface area contributed by atoms with Gasteiger partial charge in [0.1, 0.15) is 6.61 Å². The Labute approximate surface area is 114 Å². The predicted molar refractivity (Wildman–Crippen MR) is 64.1 cm³/mol. The summed E-state index contributed by atoms with van der Waals surface area (Å²) < 4.78 is 55.0. The predicted octanol–water partition coefficient (Wildman–Crippen LogP) is 2.03. The molecule has 0 amide bonds. The fraction of sp³-hybridized carbons (Fsp3) is 0.750. The fourth-order valence-corrected chi connectivity index (χ4v) is 1.73. The van der Waals surface area contributed by atoms with Crippen molar-refractivity contribution in [2.24, 2.45) is 0 Å². The van der Waals surface area contributed by atoms with Crippen LogP contribution in [0.4, 0.5) is 17.6 Å². The number of rotatable bonds is 8. The monoisotopic (exact) mass is 298 g/mol. The van der Waals surface area contributed by atoms with Crippen LogP contribution in [0.15, 0.2) is 6.07 Å². The number of halogens is 4. The number of hydrogen-bond donors (Lipinski definition) is 1. The highest BCUT2D eigenvalue weighted by atomic mass is 19.3. The van der Waals surface area contributed by atoms with E-state index in [0.29, 0.717) is 6.54 Å². The van der Waals surface area contributed by atoms with E-state index in [-0.39, 0.29) is 6.42 Å². The molecule has 8 heteroatoms. The Balaban J connectivity index is 2.42. The summed E-state index contributed by atoms with van der Waals surface area (Å²) in [6, 6.07) is 1.76. The van der Waals surface area contributed by atoms with E-state index in [1.807, 2.05) is 6.92 Å². The summed E-state index contributed by atoms with van der Waals surface area (Å²) in [6.07, 6.45) is -4.66. The maximum absolute atomic E-state index is 12.6. The number of aromatic nitrogens is 2. The summed E-state index contributed by atoms with van der Waals surface area (Å²) >= 11 is 0. The summed E-state index contributed by atoms with van der Waals surface area (Å²) in [6.45, 7) is 2.44. The minimum absolute atomic E-state index is 0.162. The van der Waals surface area contributed by atoms with Crippen LogP contribution in [0.2, 0.25) is 0 Å². The third-order valence-electron chi connectivity index (χ3n) is 2.65. The van der Waals surface area contributed by atoms with Crippen LogP contribution in [0.3, 0.4) is 0 Å². The van der Waals surface area contributed by atoms with E-state index >= 15 is 0 Å². The lowest BCUT2D eigenvalue weighted by Crippen LogP contribution is -2.34. The number of hydrogen-bond acceptors (Lipinski definition) is 3. The van der Waals surface area contributed by atoms with Gasteiger partial charge in [-0.2, -0.15) is 13.9 Å². The second kappa shape index (κ2) is 7.03. The van der Waals surface area contributed by atoms with Crippen molar-refractivity contribution in [2.45, 2.75) is 45.3 Å². The lowest BCUT2D eigenvalue weighted by atomic mass is 10.2. The van der Waals surface area contributed by atoms with E-state index in [4.69, 9.17) is 0 Å². The first kappa shape index (κ1) is 16.9. The summed E-state index contributed by atoms with van der Waals surface area (Å²) in [5, 5.41) is 13.8. The topological polar surface area (TPSA) is 47.3 Å². The van der Waals surface area contributed by atoms with Crippen LogP contribution in [0.25, 0.3) is 0 Å². The van der Waals surface area contributed by atoms with Gasteiger partial charge in [0.05, 0.1) is 18.4 Å². The molecule has 1 heterocycles. The van der Waals surface area contributed by atoms with E-state index in [1.54, 1.807) is 17.7 Å². The van der Waals surface area contributed by atoms with Gasteiger partial charge < -0.3 is 9.84 Å². The van der Waals surface area contributed by atoms with E-state index in [2.05, 4.69) is 9.84 Å². The number of aliphatic hydroxyl groups is 1. The van der Waals surface area contributed by atoms with Gasteiger partial charge in [0.15, 0.2) is 0 Å². The maximum atomic E-state index is 12.6. The molecule has 1 N–H and O–H groups in total. The van der Waals surface area contributed by atoms with E-state index in [0.717, 1.165) is 11.4 Å². The van der Waals surface area contributed by atoms with Gasteiger partial charge in [-0.05, 0) is 19.9 Å². The second-order valence-corrected chi connectivity index (χ2v) is 4.53. The SMILES string of the molecule is CCn1nc(C)cc1CC(O)COCC(F)(F)C(F)F. The molecule has 1 atom stereocenters. The van der Waals surface area contributed by atoms with Gasteiger partial charge in [0.25, 0.3) is 0 Å². The molecule has 0 aromatic carbocycles. The highest BCUT2D eigenvalue weighted by Crippen LogP contribution is 2.22. The molecule has 20 heavy (non-hydrogen) atoms. The minimum atomic E-state index is -4.19. The molecule has 1 unspecified atom stereocenters. The third kappa shape index (κ3) is 4.75. The highest BCUT2D eigenvalue weighted by Gasteiger charge is 2.41. The van der Waals surface area contributed by atoms with Crippen LogP contribution in [0.5, 0.6) is 0 Å². The maximum Gasteiger partial charge on any atom is 0.330 e. The highest BCUT2D eigenvalue weighted by molar-refractivity contribution is 5.09. The Hall–Kier alpha value is -1.15. The quantitative estimate of drug-likeness (QED) is 0.747. The summed E-state index contributed by atoms with van der Waals surface area (Å²) in [7, 11) is 0. The van der Waals surface area contributed by atoms with E-state index in [1.165, 1.54) is 0 Å². The van der Waals surface area contributed by atoms with Crippen molar-refractivity contribution in [1.82, 2.24) is 9.78 Å². The number of alkyl halides is 4. The molecule has 0 bridgehead atoms. The first-order chi connectivity index (χ1) is 9.26. The normalized spacial score (nSPS) is 14.0. The Morgan fingerprint density at radius 2 is 2.10 bits per heavy atom. The molecular formula is C12H18F4N2O2. The van der Waals surface area contributed by atoms with Crippen LogP contribution >= 0.6 is 0 Å². The molecule has 1 rings (SSSR count). The Morgan fingerprint density at radius 1 is 1.45 bits per heavy atom. The second-order valence-electron chi connectivity index (χ2n) is 4.53. The van der Waals surface area contributed by atoms with E-state index in [9.17, 15) is 22.7 Å². The number of aliphatic hydroxyl groups excluding tert-OH is 1. The van der Waals surface area contributed by atoms with Gasteiger partial charge in [-0.25, -0.2) is 8.78 Å². The molecule has 0 spiro atoms. The van der Waals surface area contributed by atoms with Crippen molar-refractivity contribution in [3.8, 4) is 0 Å². The molecule has 4 nitrogen and oxygen atoms in total. The summed E-state index contributed by atoms with van der Waals surface area (Å²) in [5.74, 6) is -4.19. The minimum Gasteiger partial charge on any atom is -0.390 e. The largest absolute Gasteiger partial charge is 0.390 e. The zero-order chi connectivity index (χ0) is 15.3. The molecule has 0 aliphatic heterocycles. The zero-order valence-corrected chi connectivity index (χ0v) is 11.3. The molecule has 0 saturated carbocycles. The average molecular weight is 298 g/mol. The molecule has 0 aliphatic carbocycles. The Bertz CT molecular complexity index is 424. The number of aryl methyl sites for hydroxylation is 2. The summed E-state index contributed by atoms with van der Waals surface area (Å²) in [4.78, 5) is 0. The van der Waals surface area contributed by atoms with Crippen molar-refractivity contribution < 1.29 is 27.4 Å². The standard InChI is InChI=1S/C12H18F4N2O2/c1-3-18-9(4-8(2)17-18)5-10(19)6-20-7-12(15,16)11(13)14/h4,10-11,19H,3,5-7H2,1-2H3. The van der Waals surface area contributed by atoms with Gasteiger partial charge in [-0.15, -0.1) is 0 Å². The molecule has 0 fully saturated rings. The average Bonchev–Trinajstić information content (AvgIpc) is 2.68. The molecule has 0 aliphatic rings. The van der Waals surface area contributed by atoms with Gasteiger partial charge in [-0.1, -0.05) is 0 Å². The third-order valence-corrected chi connectivity index (χ3v) is 2.65. The molecule has 116 valence electrons. The van der Waals surface area contributed by atoms with Gasteiger partial charge in [0, 0.05) is 18.7 Å². The van der Waals surface area contributed by atoms with Crippen LogP contribution in [-0.2, 0) is 17.7 Å². The van der Waals surface area contributed by atoms with Crippen LogP contribution < -0.4 is 0 Å². The van der Waals surface area contributed by atoms with Gasteiger partial charge in [-0.3, -0.25) is 4.68 Å². The molecule has 0 saturated heterocycles. The van der Waals surface area contributed by atoms with Crippen LogP contribution in [0.1, 0.15) is 18.3 Å². The fourth-order valence-electron chi connectivity index (χ4n) is 1.73. The lowest BCUT2D eigenvalue weighted by molar-refractivity contribution is -0.170. The summed E-state index contributed by atoms with van der Waals surface area (Å²) in [5.41, 5.74) is 1.51. The Kier molecular flexibility index (Phi) is 5.94.